The molecule has 2 aromatic carbocycles. The molecule has 2 saturated heterocycles. The zero-order chi connectivity index (χ0) is 27.6. The van der Waals surface area contributed by atoms with E-state index in [1.54, 1.807) is 6.33 Å². The first kappa shape index (κ1) is 24.5. The van der Waals surface area contributed by atoms with E-state index in [4.69, 9.17) is 11.3 Å². The lowest BCUT2D eigenvalue weighted by Crippen LogP contribution is -2.60. The predicted octanol–water partition coefficient (Wildman–Crippen LogP) is 5.76. The molecule has 2 fully saturated rings. The van der Waals surface area contributed by atoms with Crippen LogP contribution >= 0.6 is 0 Å². The fourth-order valence-corrected chi connectivity index (χ4v) is 6.25. The standard InChI is InChI=1S/C31H31N7O2/c1-30(2,3)40-29(39)37-18-31(19-37)11-12-35(17-31)25-9-10-26-23(13-25)16-36-15-22(21-5-7-24(32-4)8-6-21)14-27(36)28-34-33-20-38(26)28/h5-10,13-15,20H,11-12,16-19H2,1-3H3. The molecular weight excluding hydrogens is 502 g/mol. The molecule has 0 aliphatic carbocycles. The number of anilines is 1. The van der Waals surface area contributed by atoms with E-state index in [2.05, 4.69) is 59.5 Å². The quantitative estimate of drug-likeness (QED) is 0.270. The van der Waals surface area contributed by atoms with Gasteiger partial charge >= 0.3 is 6.09 Å². The zero-order valence-electron chi connectivity index (χ0n) is 23.0. The minimum absolute atomic E-state index is 0.135. The Labute approximate surface area is 233 Å². The second kappa shape index (κ2) is 8.71. The largest absolute Gasteiger partial charge is 0.444 e. The predicted molar refractivity (Wildman–Crippen MR) is 153 cm³/mol. The Morgan fingerprint density at radius 2 is 1.85 bits per heavy atom. The smallest absolute Gasteiger partial charge is 0.410 e. The second-order valence-corrected chi connectivity index (χ2v) is 12.2. The number of hydrogen-bond donors (Lipinski definition) is 0. The number of fused-ring (bicyclic) bond motifs is 5. The highest BCUT2D eigenvalue weighted by Crippen LogP contribution is 2.43. The van der Waals surface area contributed by atoms with Crippen molar-refractivity contribution in [3.05, 3.63) is 78.0 Å². The maximum Gasteiger partial charge on any atom is 0.410 e. The summed E-state index contributed by atoms with van der Waals surface area (Å²) in [4.78, 5) is 20.3. The van der Waals surface area contributed by atoms with E-state index in [0.29, 0.717) is 12.2 Å². The van der Waals surface area contributed by atoms with Gasteiger partial charge in [0.25, 0.3) is 0 Å². The van der Waals surface area contributed by atoms with Crippen molar-refractivity contribution < 1.29 is 9.53 Å². The molecule has 0 N–H and O–H groups in total. The Bertz CT molecular complexity index is 1660. The van der Waals surface area contributed by atoms with Gasteiger partial charge in [-0.2, -0.15) is 0 Å². The Balaban J connectivity index is 1.14. The highest BCUT2D eigenvalue weighted by molar-refractivity contribution is 5.73. The summed E-state index contributed by atoms with van der Waals surface area (Å²) in [6.45, 7) is 17.1. The minimum atomic E-state index is -0.475. The van der Waals surface area contributed by atoms with Crippen molar-refractivity contribution in [2.75, 3.05) is 31.1 Å². The van der Waals surface area contributed by atoms with E-state index in [1.165, 1.54) is 11.3 Å². The van der Waals surface area contributed by atoms with Crippen molar-refractivity contribution in [2.45, 2.75) is 39.3 Å². The summed E-state index contributed by atoms with van der Waals surface area (Å²) >= 11 is 0. The molecule has 0 bridgehead atoms. The van der Waals surface area contributed by atoms with Crippen molar-refractivity contribution in [3.8, 4) is 28.3 Å². The molecule has 3 aliphatic rings. The van der Waals surface area contributed by atoms with Crippen LogP contribution in [0.5, 0.6) is 0 Å². The SMILES string of the molecule is [C-]#[N+]c1ccc(-c2cc3n(c2)Cc2cc(N4CCC5(CN(C(=O)OC(C)(C)C)C5)C4)ccc2-n2cnnc2-3)cc1. The van der Waals surface area contributed by atoms with Gasteiger partial charge in [0.05, 0.1) is 18.0 Å². The third-order valence-corrected chi connectivity index (χ3v) is 8.17. The van der Waals surface area contributed by atoms with Crippen LogP contribution in [0.25, 0.3) is 33.2 Å². The molecular formula is C31H31N7O2. The second-order valence-electron chi connectivity index (χ2n) is 12.2. The van der Waals surface area contributed by atoms with Gasteiger partial charge in [-0.1, -0.05) is 24.3 Å². The molecule has 2 aromatic heterocycles. The number of rotatable bonds is 2. The lowest BCUT2D eigenvalue weighted by atomic mass is 9.79. The first-order chi connectivity index (χ1) is 19.2. The number of nitrogens with zero attached hydrogens (tertiary/aromatic N) is 7. The van der Waals surface area contributed by atoms with Gasteiger partial charge in [0.15, 0.2) is 11.5 Å². The topological polar surface area (TPSA) is 72.8 Å². The number of carbonyl (C=O) groups excluding carboxylic acids is 1. The van der Waals surface area contributed by atoms with Gasteiger partial charge in [0.2, 0.25) is 0 Å². The number of carbonyl (C=O) groups is 1. The third-order valence-electron chi connectivity index (χ3n) is 8.17. The summed E-state index contributed by atoms with van der Waals surface area (Å²) in [6.07, 6.45) is 4.80. The van der Waals surface area contributed by atoms with E-state index in [9.17, 15) is 4.79 Å². The van der Waals surface area contributed by atoms with Crippen LogP contribution in [0.4, 0.5) is 16.2 Å². The fraction of sp³-hybridized carbons (Fsp3) is 0.355. The minimum Gasteiger partial charge on any atom is -0.444 e. The van der Waals surface area contributed by atoms with E-state index in [1.807, 2.05) is 49.9 Å². The third kappa shape index (κ3) is 4.11. The average Bonchev–Trinajstić information content (AvgIpc) is 3.64. The van der Waals surface area contributed by atoms with Crippen LogP contribution < -0.4 is 4.90 Å². The Hall–Kier alpha value is -4.58. The molecule has 0 unspecified atom stereocenters. The molecule has 40 heavy (non-hydrogen) atoms. The molecule has 7 rings (SSSR count). The van der Waals surface area contributed by atoms with Crippen LogP contribution in [-0.4, -0.2) is 62.1 Å². The van der Waals surface area contributed by atoms with Crippen LogP contribution in [0.3, 0.4) is 0 Å². The number of likely N-dealkylation sites (tertiary alicyclic amines) is 1. The monoisotopic (exact) mass is 533 g/mol. The highest BCUT2D eigenvalue weighted by Gasteiger charge is 2.50. The molecule has 0 saturated carbocycles. The lowest BCUT2D eigenvalue weighted by Gasteiger charge is -2.47. The van der Waals surface area contributed by atoms with Crippen molar-refractivity contribution in [1.82, 2.24) is 24.2 Å². The van der Waals surface area contributed by atoms with Crippen molar-refractivity contribution in [1.29, 1.82) is 0 Å². The maximum absolute atomic E-state index is 12.5. The van der Waals surface area contributed by atoms with Crippen molar-refractivity contribution >= 4 is 17.5 Å². The van der Waals surface area contributed by atoms with Crippen LogP contribution in [0.1, 0.15) is 32.8 Å². The maximum atomic E-state index is 12.5. The number of ether oxygens (including phenoxy) is 1. The number of benzene rings is 2. The summed E-state index contributed by atoms with van der Waals surface area (Å²) in [5.74, 6) is 0.812. The lowest BCUT2D eigenvalue weighted by molar-refractivity contribution is -0.0266. The molecule has 202 valence electrons. The number of hydrogen-bond acceptors (Lipinski definition) is 5. The molecule has 1 amide bonds. The van der Waals surface area contributed by atoms with E-state index >= 15 is 0 Å². The molecule has 1 spiro atoms. The van der Waals surface area contributed by atoms with Gasteiger partial charge in [-0.15, -0.1) is 10.2 Å². The van der Waals surface area contributed by atoms with Gasteiger partial charge in [-0.25, -0.2) is 9.64 Å². The Kier molecular flexibility index (Phi) is 5.33. The first-order valence-corrected chi connectivity index (χ1v) is 13.7. The highest BCUT2D eigenvalue weighted by atomic mass is 16.6. The van der Waals surface area contributed by atoms with Crippen molar-refractivity contribution in [2.24, 2.45) is 5.41 Å². The molecule has 9 heteroatoms. The first-order valence-electron chi connectivity index (χ1n) is 13.7. The van der Waals surface area contributed by atoms with Crippen LogP contribution in [0.2, 0.25) is 0 Å². The van der Waals surface area contributed by atoms with Crippen LogP contribution in [0, 0.1) is 12.0 Å². The number of aromatic nitrogens is 4. The van der Waals surface area contributed by atoms with Gasteiger partial charge < -0.3 is 19.1 Å². The van der Waals surface area contributed by atoms with Crippen molar-refractivity contribution in [3.63, 3.8) is 0 Å². The molecule has 4 aromatic rings. The van der Waals surface area contributed by atoms with E-state index in [-0.39, 0.29) is 11.5 Å². The van der Waals surface area contributed by atoms with Gasteiger partial charge in [-0.05, 0) is 62.6 Å². The summed E-state index contributed by atoms with van der Waals surface area (Å²) < 4.78 is 9.88. The summed E-state index contributed by atoms with van der Waals surface area (Å²) in [5, 5.41) is 8.71. The summed E-state index contributed by atoms with van der Waals surface area (Å²) in [7, 11) is 0. The molecule has 9 nitrogen and oxygen atoms in total. The average molecular weight is 534 g/mol. The van der Waals surface area contributed by atoms with E-state index in [0.717, 1.165) is 60.9 Å². The molecule has 0 radical (unpaired) electrons. The Morgan fingerprint density at radius 1 is 1.05 bits per heavy atom. The molecule has 0 atom stereocenters. The summed E-state index contributed by atoms with van der Waals surface area (Å²) in [6, 6.07) is 16.5. The normalized spacial score (nSPS) is 16.9. The Morgan fingerprint density at radius 3 is 2.60 bits per heavy atom. The number of amides is 1. The fourth-order valence-electron chi connectivity index (χ4n) is 6.25. The molecule has 3 aliphatic heterocycles. The molecule has 5 heterocycles. The summed E-state index contributed by atoms with van der Waals surface area (Å²) in [5.41, 5.74) is 6.94. The van der Waals surface area contributed by atoms with E-state index < -0.39 is 5.60 Å². The van der Waals surface area contributed by atoms with Gasteiger partial charge in [-0.3, -0.25) is 4.57 Å². The van der Waals surface area contributed by atoms with Gasteiger partial charge in [0, 0.05) is 55.6 Å². The van der Waals surface area contributed by atoms with Gasteiger partial charge in [0.1, 0.15) is 11.9 Å². The van der Waals surface area contributed by atoms with Crippen LogP contribution in [-0.2, 0) is 11.3 Å². The zero-order valence-corrected chi connectivity index (χ0v) is 23.0. The van der Waals surface area contributed by atoms with Crippen LogP contribution in [0.15, 0.2) is 61.1 Å².